The van der Waals surface area contributed by atoms with E-state index in [0.29, 0.717) is 38.4 Å². The van der Waals surface area contributed by atoms with Crippen LogP contribution in [-0.2, 0) is 17.7 Å². The van der Waals surface area contributed by atoms with E-state index < -0.39 is 0 Å². The zero-order chi connectivity index (χ0) is 17.4. The first-order valence-corrected chi connectivity index (χ1v) is 8.25. The van der Waals surface area contributed by atoms with Crippen LogP contribution in [-0.4, -0.2) is 54.6 Å². The van der Waals surface area contributed by atoms with Gasteiger partial charge in [-0.2, -0.15) is 0 Å². The van der Waals surface area contributed by atoms with E-state index in [1.165, 1.54) is 6.07 Å². The molecule has 6 heteroatoms. The van der Waals surface area contributed by atoms with Gasteiger partial charge in [-0.1, -0.05) is 19.1 Å². The normalized spacial score (nSPS) is 11.5. The largest absolute Gasteiger partial charge is 0.423 e. The van der Waals surface area contributed by atoms with Crippen molar-refractivity contribution in [1.82, 2.24) is 4.90 Å². The van der Waals surface area contributed by atoms with Crippen LogP contribution in [0.4, 0.5) is 0 Å². The molecular formula is C18H25NO5. The smallest absolute Gasteiger partial charge is 0.336 e. The maximum absolute atomic E-state index is 11.9. The first kappa shape index (κ1) is 18.6. The molecule has 0 aliphatic heterocycles. The first-order chi connectivity index (χ1) is 11.7. The number of aryl methyl sites for hydroxylation is 1. The fourth-order valence-corrected chi connectivity index (χ4v) is 2.64. The molecule has 132 valence electrons. The molecule has 0 atom stereocenters. The van der Waals surface area contributed by atoms with Gasteiger partial charge < -0.3 is 19.4 Å². The van der Waals surface area contributed by atoms with Crippen LogP contribution in [0.1, 0.15) is 18.1 Å². The molecule has 1 heterocycles. The number of hydrogen-bond acceptors (Lipinski definition) is 6. The molecular weight excluding hydrogens is 310 g/mol. The maximum Gasteiger partial charge on any atom is 0.336 e. The Labute approximate surface area is 141 Å². The highest BCUT2D eigenvalue weighted by molar-refractivity contribution is 5.80. The standard InChI is InChI=1S/C18H25NO5/c1-2-14-3-4-16-15(12-18(22)24-17(16)11-14)13-19(5-7-20)6-9-23-10-8-21/h3-4,11-12,20-21H,2,5-10,13H2,1H3. The van der Waals surface area contributed by atoms with Crippen molar-refractivity contribution < 1.29 is 19.4 Å². The van der Waals surface area contributed by atoms with Gasteiger partial charge in [-0.05, 0) is 23.6 Å². The van der Waals surface area contributed by atoms with E-state index >= 15 is 0 Å². The lowest BCUT2D eigenvalue weighted by molar-refractivity contribution is 0.0676. The van der Waals surface area contributed by atoms with Gasteiger partial charge in [-0.25, -0.2) is 4.79 Å². The van der Waals surface area contributed by atoms with Crippen molar-refractivity contribution in [1.29, 1.82) is 0 Å². The van der Waals surface area contributed by atoms with E-state index in [4.69, 9.17) is 14.3 Å². The van der Waals surface area contributed by atoms with E-state index in [0.717, 1.165) is 22.9 Å². The van der Waals surface area contributed by atoms with Crippen LogP contribution in [0, 0.1) is 0 Å². The highest BCUT2D eigenvalue weighted by Crippen LogP contribution is 2.20. The molecule has 0 radical (unpaired) electrons. The predicted molar refractivity (Wildman–Crippen MR) is 92.1 cm³/mol. The number of aliphatic hydroxyl groups excluding tert-OH is 2. The van der Waals surface area contributed by atoms with E-state index in [1.54, 1.807) is 0 Å². The number of hydrogen-bond donors (Lipinski definition) is 2. The van der Waals surface area contributed by atoms with E-state index in [1.807, 2.05) is 23.1 Å². The summed E-state index contributed by atoms with van der Waals surface area (Å²) in [6, 6.07) is 7.42. The zero-order valence-corrected chi connectivity index (χ0v) is 14.0. The van der Waals surface area contributed by atoms with Crippen molar-refractivity contribution >= 4 is 11.0 Å². The molecule has 0 bridgehead atoms. The third-order valence-electron chi connectivity index (χ3n) is 3.90. The third kappa shape index (κ3) is 5.14. The summed E-state index contributed by atoms with van der Waals surface area (Å²) in [6.45, 7) is 4.44. The summed E-state index contributed by atoms with van der Waals surface area (Å²) < 4.78 is 10.6. The third-order valence-corrected chi connectivity index (χ3v) is 3.90. The van der Waals surface area contributed by atoms with Gasteiger partial charge in [-0.15, -0.1) is 0 Å². The molecule has 0 amide bonds. The number of fused-ring (bicyclic) bond motifs is 1. The van der Waals surface area contributed by atoms with Crippen molar-refractivity contribution in [2.45, 2.75) is 19.9 Å². The molecule has 0 aliphatic rings. The molecule has 1 aromatic carbocycles. The fraction of sp³-hybridized carbons (Fsp3) is 0.500. The Hall–Kier alpha value is -1.73. The molecule has 0 unspecified atom stereocenters. The average molecular weight is 335 g/mol. The Morgan fingerprint density at radius 3 is 2.67 bits per heavy atom. The fourth-order valence-electron chi connectivity index (χ4n) is 2.64. The van der Waals surface area contributed by atoms with E-state index in [9.17, 15) is 9.90 Å². The topological polar surface area (TPSA) is 83.1 Å². The van der Waals surface area contributed by atoms with E-state index in [-0.39, 0.29) is 18.8 Å². The average Bonchev–Trinajstić information content (AvgIpc) is 2.58. The van der Waals surface area contributed by atoms with Gasteiger partial charge in [0.15, 0.2) is 0 Å². The Morgan fingerprint density at radius 1 is 1.12 bits per heavy atom. The molecule has 1 aromatic heterocycles. The second-order valence-corrected chi connectivity index (χ2v) is 5.61. The number of nitrogens with zero attached hydrogens (tertiary/aromatic N) is 1. The first-order valence-electron chi connectivity index (χ1n) is 8.25. The molecule has 0 saturated heterocycles. The number of benzene rings is 1. The molecule has 2 N–H and O–H groups in total. The van der Waals surface area contributed by atoms with Gasteiger partial charge in [0.1, 0.15) is 5.58 Å². The van der Waals surface area contributed by atoms with E-state index in [2.05, 4.69) is 6.92 Å². The molecule has 0 fully saturated rings. The van der Waals surface area contributed by atoms with Crippen molar-refractivity contribution in [3.8, 4) is 0 Å². The summed E-state index contributed by atoms with van der Waals surface area (Å²) in [5, 5.41) is 18.9. The SMILES string of the molecule is CCc1ccc2c(CN(CCO)CCOCCO)cc(=O)oc2c1. The minimum Gasteiger partial charge on any atom is -0.423 e. The second-order valence-electron chi connectivity index (χ2n) is 5.61. The number of rotatable bonds is 10. The summed E-state index contributed by atoms with van der Waals surface area (Å²) in [4.78, 5) is 13.9. The van der Waals surface area contributed by atoms with Crippen molar-refractivity contribution in [3.05, 3.63) is 45.8 Å². The van der Waals surface area contributed by atoms with Crippen molar-refractivity contribution in [3.63, 3.8) is 0 Å². The second kappa shape index (κ2) is 9.54. The van der Waals surface area contributed by atoms with Crippen LogP contribution in [0.5, 0.6) is 0 Å². The Kier molecular flexibility index (Phi) is 7.39. The summed E-state index contributed by atoms with van der Waals surface area (Å²) in [7, 11) is 0. The monoisotopic (exact) mass is 335 g/mol. The Balaban J connectivity index is 2.20. The molecule has 6 nitrogen and oxygen atoms in total. The van der Waals surface area contributed by atoms with Crippen LogP contribution in [0.25, 0.3) is 11.0 Å². The van der Waals surface area contributed by atoms with Crippen LogP contribution < -0.4 is 5.63 Å². The molecule has 24 heavy (non-hydrogen) atoms. The Morgan fingerprint density at radius 2 is 1.96 bits per heavy atom. The van der Waals surface area contributed by atoms with Crippen LogP contribution in [0.15, 0.2) is 33.5 Å². The van der Waals surface area contributed by atoms with Gasteiger partial charge in [-0.3, -0.25) is 4.90 Å². The highest BCUT2D eigenvalue weighted by Gasteiger charge is 2.11. The summed E-state index contributed by atoms with van der Waals surface area (Å²) in [5.74, 6) is 0. The van der Waals surface area contributed by atoms with Gasteiger partial charge in [0.05, 0.1) is 26.4 Å². The summed E-state index contributed by atoms with van der Waals surface area (Å²) >= 11 is 0. The Bertz CT molecular complexity index is 697. The van der Waals surface area contributed by atoms with Gasteiger partial charge in [0, 0.05) is 31.1 Å². The molecule has 0 spiro atoms. The van der Waals surface area contributed by atoms with Crippen LogP contribution in [0.3, 0.4) is 0 Å². The van der Waals surface area contributed by atoms with Crippen LogP contribution in [0.2, 0.25) is 0 Å². The predicted octanol–water partition coefficient (Wildman–Crippen LogP) is 1.16. The zero-order valence-electron chi connectivity index (χ0n) is 14.0. The maximum atomic E-state index is 11.9. The molecule has 0 aliphatic carbocycles. The van der Waals surface area contributed by atoms with Crippen molar-refractivity contribution in [2.75, 3.05) is 39.5 Å². The van der Waals surface area contributed by atoms with Gasteiger partial charge in [0.25, 0.3) is 0 Å². The highest BCUT2D eigenvalue weighted by atomic mass is 16.5. The quantitative estimate of drug-likeness (QED) is 0.501. The molecule has 2 rings (SSSR count). The lowest BCUT2D eigenvalue weighted by Crippen LogP contribution is -2.30. The molecule has 0 saturated carbocycles. The van der Waals surface area contributed by atoms with Gasteiger partial charge in [0.2, 0.25) is 0 Å². The van der Waals surface area contributed by atoms with Crippen molar-refractivity contribution in [2.24, 2.45) is 0 Å². The number of aliphatic hydroxyl groups is 2. The number of ether oxygens (including phenoxy) is 1. The lowest BCUT2D eigenvalue weighted by Gasteiger charge is -2.21. The summed E-state index contributed by atoms with van der Waals surface area (Å²) in [5.41, 5.74) is 2.22. The lowest BCUT2D eigenvalue weighted by atomic mass is 10.1. The minimum atomic E-state index is -0.369. The minimum absolute atomic E-state index is 0.00979. The summed E-state index contributed by atoms with van der Waals surface area (Å²) in [6.07, 6.45) is 0.878. The van der Waals surface area contributed by atoms with Crippen LogP contribution >= 0.6 is 0 Å². The van der Waals surface area contributed by atoms with Gasteiger partial charge >= 0.3 is 5.63 Å². The molecule has 2 aromatic rings.